The zero-order valence-corrected chi connectivity index (χ0v) is 14.1. The van der Waals surface area contributed by atoms with Gasteiger partial charge in [-0.3, -0.25) is 0 Å². The van der Waals surface area contributed by atoms with Crippen molar-refractivity contribution in [2.75, 3.05) is 20.8 Å². The lowest BCUT2D eigenvalue weighted by atomic mass is 10.1. The monoisotopic (exact) mass is 335 g/mol. The van der Waals surface area contributed by atoms with Crippen LogP contribution in [0.5, 0.6) is 11.5 Å². The van der Waals surface area contributed by atoms with E-state index in [1.165, 1.54) is 0 Å². The van der Waals surface area contributed by atoms with Crippen molar-refractivity contribution >= 4 is 11.6 Å². The lowest BCUT2D eigenvalue weighted by molar-refractivity contribution is 0.171. The third kappa shape index (κ3) is 5.13. The molecule has 2 rings (SSSR count). The summed E-state index contributed by atoms with van der Waals surface area (Å²) in [6.07, 6.45) is 0.189. The fourth-order valence-electron chi connectivity index (χ4n) is 2.41. The summed E-state index contributed by atoms with van der Waals surface area (Å²) in [5.74, 6) is 1.13. The number of rotatable bonds is 8. The predicted molar refractivity (Wildman–Crippen MR) is 92.4 cm³/mol. The first kappa shape index (κ1) is 17.6. The maximum absolute atomic E-state index is 10.1. The largest absolute Gasteiger partial charge is 0.493 e. The van der Waals surface area contributed by atoms with Crippen LogP contribution < -0.4 is 14.8 Å². The maximum Gasteiger partial charge on any atom is 0.179 e. The van der Waals surface area contributed by atoms with Gasteiger partial charge in [-0.2, -0.15) is 0 Å². The summed E-state index contributed by atoms with van der Waals surface area (Å²) in [4.78, 5) is 0. The van der Waals surface area contributed by atoms with E-state index in [0.29, 0.717) is 36.0 Å². The predicted octanol–water partition coefficient (Wildman–Crippen LogP) is 3.05. The summed E-state index contributed by atoms with van der Waals surface area (Å²) >= 11 is 6.18. The Hall–Kier alpha value is -1.75. The maximum atomic E-state index is 10.1. The standard InChI is InChI=1S/C18H22ClNO3/c1-22-17-10-14(9-16(19)18(17)23-2)11-20-12-15(21)8-13-6-4-3-5-7-13/h3-7,9-10,15,20-21H,8,11-12H2,1-2H3. The van der Waals surface area contributed by atoms with Crippen molar-refractivity contribution in [1.29, 1.82) is 0 Å². The van der Waals surface area contributed by atoms with Crippen LogP contribution in [0.4, 0.5) is 0 Å². The minimum Gasteiger partial charge on any atom is -0.493 e. The minimum absolute atomic E-state index is 0.437. The molecule has 1 unspecified atom stereocenters. The first-order chi connectivity index (χ1) is 11.1. The molecule has 0 heterocycles. The highest BCUT2D eigenvalue weighted by molar-refractivity contribution is 6.32. The third-order valence-corrected chi connectivity index (χ3v) is 3.80. The summed E-state index contributed by atoms with van der Waals surface area (Å²) in [5.41, 5.74) is 2.09. The SMILES string of the molecule is COc1cc(CNCC(O)Cc2ccccc2)cc(Cl)c1OC. The highest BCUT2D eigenvalue weighted by Crippen LogP contribution is 2.35. The quantitative estimate of drug-likeness (QED) is 0.778. The van der Waals surface area contributed by atoms with Gasteiger partial charge in [0.25, 0.3) is 0 Å². The summed E-state index contributed by atoms with van der Waals surface area (Å²) in [5, 5.41) is 13.8. The average Bonchev–Trinajstić information content (AvgIpc) is 2.55. The third-order valence-electron chi connectivity index (χ3n) is 3.52. The number of nitrogens with one attached hydrogen (secondary N) is 1. The summed E-state index contributed by atoms with van der Waals surface area (Å²) < 4.78 is 10.5. The highest BCUT2D eigenvalue weighted by Gasteiger charge is 2.11. The second-order valence-electron chi connectivity index (χ2n) is 5.29. The Bertz CT molecular complexity index is 619. The molecule has 23 heavy (non-hydrogen) atoms. The van der Waals surface area contributed by atoms with Gasteiger partial charge >= 0.3 is 0 Å². The molecule has 0 aromatic heterocycles. The molecule has 2 N–H and O–H groups in total. The molecule has 0 fully saturated rings. The van der Waals surface area contributed by atoms with Gasteiger partial charge in [0, 0.05) is 13.1 Å². The van der Waals surface area contributed by atoms with Gasteiger partial charge in [-0.15, -0.1) is 0 Å². The fraction of sp³-hybridized carbons (Fsp3) is 0.333. The molecule has 0 spiro atoms. The Morgan fingerprint density at radius 3 is 2.48 bits per heavy atom. The topological polar surface area (TPSA) is 50.7 Å². The zero-order valence-electron chi connectivity index (χ0n) is 13.4. The normalized spacial score (nSPS) is 12.0. The number of methoxy groups -OCH3 is 2. The highest BCUT2D eigenvalue weighted by atomic mass is 35.5. The van der Waals surface area contributed by atoms with Crippen molar-refractivity contribution in [3.8, 4) is 11.5 Å². The van der Waals surface area contributed by atoms with Crippen LogP contribution in [0.2, 0.25) is 5.02 Å². The van der Waals surface area contributed by atoms with Crippen LogP contribution in [-0.2, 0) is 13.0 Å². The Labute approximate surface area is 142 Å². The molecule has 0 aliphatic carbocycles. The van der Waals surface area contributed by atoms with E-state index in [0.717, 1.165) is 11.1 Å². The molecule has 0 saturated heterocycles. The number of benzene rings is 2. The molecule has 5 heteroatoms. The first-order valence-electron chi connectivity index (χ1n) is 7.47. The van der Waals surface area contributed by atoms with Crippen LogP contribution in [0, 0.1) is 0 Å². The Balaban J connectivity index is 1.87. The van der Waals surface area contributed by atoms with Gasteiger partial charge in [-0.25, -0.2) is 0 Å². The molecule has 0 saturated carbocycles. The molecule has 2 aromatic carbocycles. The van der Waals surface area contributed by atoms with Gasteiger partial charge in [0.1, 0.15) is 0 Å². The Morgan fingerprint density at radius 2 is 1.83 bits per heavy atom. The van der Waals surface area contributed by atoms with Crippen LogP contribution in [0.25, 0.3) is 0 Å². The van der Waals surface area contributed by atoms with E-state index >= 15 is 0 Å². The van der Waals surface area contributed by atoms with E-state index in [1.807, 2.05) is 42.5 Å². The van der Waals surface area contributed by atoms with Gasteiger partial charge in [0.05, 0.1) is 25.3 Å². The van der Waals surface area contributed by atoms with Crippen LogP contribution in [-0.4, -0.2) is 32.0 Å². The van der Waals surface area contributed by atoms with Crippen LogP contribution >= 0.6 is 11.6 Å². The van der Waals surface area contributed by atoms with Gasteiger partial charge < -0.3 is 19.9 Å². The van der Waals surface area contributed by atoms with E-state index in [2.05, 4.69) is 5.32 Å². The van der Waals surface area contributed by atoms with Crippen molar-refractivity contribution < 1.29 is 14.6 Å². The van der Waals surface area contributed by atoms with Crippen molar-refractivity contribution in [2.24, 2.45) is 0 Å². The minimum atomic E-state index is -0.437. The number of ether oxygens (including phenoxy) is 2. The second kappa shape index (κ2) is 8.77. The summed E-state index contributed by atoms with van der Waals surface area (Å²) in [6, 6.07) is 13.6. The van der Waals surface area contributed by atoms with Gasteiger partial charge in [-0.05, 0) is 29.7 Å². The fourth-order valence-corrected chi connectivity index (χ4v) is 2.73. The zero-order chi connectivity index (χ0) is 16.7. The number of hydrogen-bond acceptors (Lipinski definition) is 4. The van der Waals surface area contributed by atoms with Crippen LogP contribution in [0.1, 0.15) is 11.1 Å². The van der Waals surface area contributed by atoms with Crippen LogP contribution in [0.3, 0.4) is 0 Å². The molecule has 0 aliphatic rings. The molecule has 0 aliphatic heterocycles. The number of halogens is 1. The molecule has 0 bridgehead atoms. The Morgan fingerprint density at radius 1 is 1.09 bits per heavy atom. The number of aliphatic hydroxyl groups is 1. The number of aliphatic hydroxyl groups excluding tert-OH is 1. The van der Waals surface area contributed by atoms with Gasteiger partial charge in [0.2, 0.25) is 0 Å². The van der Waals surface area contributed by atoms with Crippen LogP contribution in [0.15, 0.2) is 42.5 Å². The molecule has 124 valence electrons. The molecule has 2 aromatic rings. The smallest absolute Gasteiger partial charge is 0.179 e. The molecule has 4 nitrogen and oxygen atoms in total. The lowest BCUT2D eigenvalue weighted by Gasteiger charge is -2.14. The summed E-state index contributed by atoms with van der Waals surface area (Å²) in [7, 11) is 3.14. The second-order valence-corrected chi connectivity index (χ2v) is 5.69. The van der Waals surface area contributed by atoms with E-state index in [4.69, 9.17) is 21.1 Å². The van der Waals surface area contributed by atoms with Crippen molar-refractivity contribution in [1.82, 2.24) is 5.32 Å². The molecule has 1 atom stereocenters. The lowest BCUT2D eigenvalue weighted by Crippen LogP contribution is -2.28. The Kier molecular flexibility index (Phi) is 6.71. The molecular formula is C18H22ClNO3. The van der Waals surface area contributed by atoms with E-state index in [9.17, 15) is 5.11 Å². The first-order valence-corrected chi connectivity index (χ1v) is 7.85. The number of hydrogen-bond donors (Lipinski definition) is 2. The van der Waals surface area contributed by atoms with Crippen molar-refractivity contribution in [2.45, 2.75) is 19.1 Å². The summed E-state index contributed by atoms with van der Waals surface area (Å²) in [6.45, 7) is 1.09. The average molecular weight is 336 g/mol. The van der Waals surface area contributed by atoms with Crippen molar-refractivity contribution in [3.05, 3.63) is 58.6 Å². The van der Waals surface area contributed by atoms with E-state index in [1.54, 1.807) is 14.2 Å². The van der Waals surface area contributed by atoms with Crippen molar-refractivity contribution in [3.63, 3.8) is 0 Å². The van der Waals surface area contributed by atoms with E-state index in [-0.39, 0.29) is 0 Å². The van der Waals surface area contributed by atoms with E-state index < -0.39 is 6.10 Å². The molecule has 0 amide bonds. The molecular weight excluding hydrogens is 314 g/mol. The van der Waals surface area contributed by atoms with Gasteiger partial charge in [0.15, 0.2) is 11.5 Å². The molecule has 0 radical (unpaired) electrons. The van der Waals surface area contributed by atoms with Gasteiger partial charge in [-0.1, -0.05) is 41.9 Å².